The second-order valence-corrected chi connectivity index (χ2v) is 20.7. The molecule has 0 unspecified atom stereocenters. The van der Waals surface area contributed by atoms with Gasteiger partial charge in [0, 0.05) is 34.1 Å². The summed E-state index contributed by atoms with van der Waals surface area (Å²) in [6.45, 7) is 13.1. The minimum absolute atomic E-state index is 0.261. The normalized spacial score (nSPS) is 15.2. The summed E-state index contributed by atoms with van der Waals surface area (Å²) < 4.78 is 0. The van der Waals surface area contributed by atoms with Crippen LogP contribution in [0, 0.1) is 27.7 Å². The van der Waals surface area contributed by atoms with E-state index in [-0.39, 0.29) is 23.3 Å². The highest BCUT2D eigenvalue weighted by molar-refractivity contribution is 5.63. The molecule has 6 rings (SSSR count). The molecule has 4 nitrogen and oxygen atoms in total. The number of hydrogen-bond acceptors (Lipinski definition) is 4. The molecule has 0 bridgehead atoms. The fourth-order valence-electron chi connectivity index (χ4n) is 11.8. The zero-order valence-corrected chi connectivity index (χ0v) is 41.1. The Hall–Kier alpha value is -3.92. The predicted molar refractivity (Wildman–Crippen MR) is 270 cm³/mol. The summed E-state index contributed by atoms with van der Waals surface area (Å²) in [5.74, 6) is 0.467. The number of unbranched alkanes of at least 4 members (excludes halogenated alkanes) is 12. The summed E-state index contributed by atoms with van der Waals surface area (Å²) in [6, 6.07) is 17.2. The zero-order valence-electron chi connectivity index (χ0n) is 41.1. The Labute approximate surface area is 389 Å². The first-order valence-corrected chi connectivity index (χ1v) is 26.3. The van der Waals surface area contributed by atoms with Gasteiger partial charge in [0.05, 0.1) is 0 Å². The van der Waals surface area contributed by atoms with Crippen molar-refractivity contribution >= 4 is 0 Å². The quantitative estimate of drug-likeness (QED) is 0.0560. The van der Waals surface area contributed by atoms with Gasteiger partial charge in [0.25, 0.3) is 0 Å². The molecule has 0 aromatic heterocycles. The molecule has 0 atom stereocenters. The molecule has 4 heteroatoms. The third-order valence-corrected chi connectivity index (χ3v) is 15.2. The molecule has 0 heterocycles. The van der Waals surface area contributed by atoms with Crippen LogP contribution in [0.25, 0.3) is 0 Å². The molecule has 2 fully saturated rings. The molecular formula is C60H86O4. The number of phenols is 4. The number of hydrogen-bond donors (Lipinski definition) is 4. The molecule has 4 N–H and O–H groups in total. The highest BCUT2D eigenvalue weighted by Gasteiger charge is 2.39. The molecule has 0 saturated heterocycles. The van der Waals surface area contributed by atoms with Crippen molar-refractivity contribution in [3.8, 4) is 23.0 Å². The van der Waals surface area contributed by atoms with Crippen LogP contribution < -0.4 is 0 Å². The van der Waals surface area contributed by atoms with Crippen LogP contribution in [0.3, 0.4) is 0 Å². The van der Waals surface area contributed by atoms with Crippen molar-refractivity contribution in [2.45, 2.75) is 232 Å². The highest BCUT2D eigenvalue weighted by atomic mass is 16.3. The Morgan fingerprint density at radius 1 is 0.375 bits per heavy atom. The van der Waals surface area contributed by atoms with Gasteiger partial charge in [-0.3, -0.25) is 0 Å². The average Bonchev–Trinajstić information content (AvgIpc) is 3.29. The molecular weight excluding hydrogens is 785 g/mol. The SMILES string of the molecule is CCCCCCCCCc1cc(C)cc(C(c2cc(C)cc(CCCCCCCCC)c2O)C(c2cc(C)cc(C3CCCCC3)c2O)c2cc(C)cc(C3CCCCC3)c2O)c1O. The number of benzene rings is 4. The molecule has 0 spiro atoms. The number of aryl methyl sites for hydroxylation is 6. The number of rotatable bonds is 23. The van der Waals surface area contributed by atoms with E-state index in [9.17, 15) is 20.4 Å². The van der Waals surface area contributed by atoms with Crippen molar-refractivity contribution in [1.29, 1.82) is 0 Å². The first kappa shape index (κ1) is 49.5. The van der Waals surface area contributed by atoms with E-state index < -0.39 is 11.8 Å². The van der Waals surface area contributed by atoms with E-state index in [0.29, 0.717) is 11.5 Å². The standard InChI is InChI=1S/C60H86O4/c1-7-9-11-13-15-17-21-31-47-33-41(3)37-51(57(47)61)55(52-38-42(4)34-48(58(52)62)32-22-18-16-14-12-10-8-2)56(53-39-43(5)35-49(59(53)63)45-27-23-19-24-28-45)54-40-44(6)36-50(60(54)64)46-29-25-20-26-30-46/h33-40,45-46,55-56,61-64H,7-32H2,1-6H3. The zero-order chi connectivity index (χ0) is 45.6. The van der Waals surface area contributed by atoms with Crippen LogP contribution in [0.5, 0.6) is 23.0 Å². The lowest BCUT2D eigenvalue weighted by Crippen LogP contribution is -2.19. The Kier molecular flexibility index (Phi) is 19.0. The van der Waals surface area contributed by atoms with Gasteiger partial charge in [0.1, 0.15) is 23.0 Å². The van der Waals surface area contributed by atoms with E-state index in [2.05, 4.69) is 90.1 Å². The molecule has 2 aliphatic carbocycles. The first-order chi connectivity index (χ1) is 31.0. The van der Waals surface area contributed by atoms with Gasteiger partial charge in [-0.2, -0.15) is 0 Å². The predicted octanol–water partition coefficient (Wildman–Crippen LogP) is 17.4. The lowest BCUT2D eigenvalue weighted by atomic mass is 9.69. The third kappa shape index (κ3) is 12.7. The van der Waals surface area contributed by atoms with Crippen molar-refractivity contribution in [3.63, 3.8) is 0 Å². The summed E-state index contributed by atoms with van der Waals surface area (Å²) in [5.41, 5.74) is 11.2. The van der Waals surface area contributed by atoms with Crippen molar-refractivity contribution in [3.05, 3.63) is 115 Å². The van der Waals surface area contributed by atoms with Gasteiger partial charge < -0.3 is 20.4 Å². The summed E-state index contributed by atoms with van der Waals surface area (Å²) in [4.78, 5) is 0. The van der Waals surface area contributed by atoms with Crippen molar-refractivity contribution < 1.29 is 20.4 Å². The molecule has 350 valence electrons. The molecule has 0 radical (unpaired) electrons. The Bertz CT molecular complexity index is 1940. The topological polar surface area (TPSA) is 80.9 Å². The maximum absolute atomic E-state index is 12.9. The molecule has 2 aliphatic rings. The van der Waals surface area contributed by atoms with Crippen LogP contribution in [0.2, 0.25) is 0 Å². The van der Waals surface area contributed by atoms with Gasteiger partial charge in [-0.1, -0.05) is 200 Å². The minimum atomic E-state index is -0.612. The van der Waals surface area contributed by atoms with E-state index in [4.69, 9.17) is 0 Å². The Balaban J connectivity index is 1.58. The van der Waals surface area contributed by atoms with Gasteiger partial charge >= 0.3 is 0 Å². The fraction of sp³-hybridized carbons (Fsp3) is 0.600. The highest BCUT2D eigenvalue weighted by Crippen LogP contribution is 2.56. The van der Waals surface area contributed by atoms with Crippen LogP contribution in [0.4, 0.5) is 0 Å². The largest absolute Gasteiger partial charge is 0.507 e. The van der Waals surface area contributed by atoms with E-state index >= 15 is 0 Å². The van der Waals surface area contributed by atoms with E-state index in [1.165, 1.54) is 77.0 Å². The van der Waals surface area contributed by atoms with Gasteiger partial charge in [0.15, 0.2) is 0 Å². The summed E-state index contributed by atoms with van der Waals surface area (Å²) >= 11 is 0. The fourth-order valence-corrected chi connectivity index (χ4v) is 11.8. The summed E-state index contributed by atoms with van der Waals surface area (Å²) in [6.07, 6.45) is 29.6. The smallest absolute Gasteiger partial charge is 0.122 e. The maximum Gasteiger partial charge on any atom is 0.122 e. The van der Waals surface area contributed by atoms with Crippen LogP contribution >= 0.6 is 0 Å². The molecule has 4 aromatic carbocycles. The van der Waals surface area contributed by atoms with Crippen molar-refractivity contribution in [2.75, 3.05) is 0 Å². The first-order valence-electron chi connectivity index (χ1n) is 26.3. The van der Waals surface area contributed by atoms with Gasteiger partial charge in [0.2, 0.25) is 0 Å². The minimum Gasteiger partial charge on any atom is -0.507 e. The van der Waals surface area contributed by atoms with Gasteiger partial charge in [-0.05, 0) is 113 Å². The number of phenolic OH excluding ortho intramolecular Hbond substituents is 4. The molecule has 0 aliphatic heterocycles. The van der Waals surface area contributed by atoms with Crippen LogP contribution in [-0.2, 0) is 12.8 Å². The van der Waals surface area contributed by atoms with Crippen molar-refractivity contribution in [2.24, 2.45) is 0 Å². The number of aromatic hydroxyl groups is 4. The monoisotopic (exact) mass is 871 g/mol. The van der Waals surface area contributed by atoms with Crippen LogP contribution in [0.15, 0.2) is 48.5 Å². The van der Waals surface area contributed by atoms with Gasteiger partial charge in [-0.25, -0.2) is 0 Å². The van der Waals surface area contributed by atoms with E-state index in [0.717, 1.165) is 157 Å². The molecule has 0 amide bonds. The molecule has 4 aromatic rings. The van der Waals surface area contributed by atoms with Crippen LogP contribution in [0.1, 0.15) is 258 Å². The second kappa shape index (κ2) is 24.6. The Morgan fingerprint density at radius 2 is 0.672 bits per heavy atom. The van der Waals surface area contributed by atoms with Crippen molar-refractivity contribution in [1.82, 2.24) is 0 Å². The van der Waals surface area contributed by atoms with E-state index in [1.54, 1.807) is 0 Å². The molecule has 64 heavy (non-hydrogen) atoms. The lowest BCUT2D eigenvalue weighted by Gasteiger charge is -2.35. The molecule has 2 saturated carbocycles. The Morgan fingerprint density at radius 3 is 1.02 bits per heavy atom. The van der Waals surface area contributed by atoms with Crippen LogP contribution in [-0.4, -0.2) is 20.4 Å². The maximum atomic E-state index is 12.9. The summed E-state index contributed by atoms with van der Waals surface area (Å²) in [5, 5.41) is 51.4. The van der Waals surface area contributed by atoms with Gasteiger partial charge in [-0.15, -0.1) is 0 Å². The van der Waals surface area contributed by atoms with E-state index in [1.807, 2.05) is 0 Å². The second-order valence-electron chi connectivity index (χ2n) is 20.7. The third-order valence-electron chi connectivity index (χ3n) is 15.2. The lowest BCUT2D eigenvalue weighted by molar-refractivity contribution is 0.399. The average molecular weight is 871 g/mol. The summed E-state index contributed by atoms with van der Waals surface area (Å²) in [7, 11) is 0.